The summed E-state index contributed by atoms with van der Waals surface area (Å²) >= 11 is 0. The van der Waals surface area contributed by atoms with E-state index in [0.29, 0.717) is 46.8 Å². The van der Waals surface area contributed by atoms with Crippen LogP contribution in [0.2, 0.25) is 0 Å². The number of hydrogen-bond donors (Lipinski definition) is 0. The van der Waals surface area contributed by atoms with Crippen LogP contribution < -0.4 is 0 Å². The van der Waals surface area contributed by atoms with Gasteiger partial charge in [0.2, 0.25) is 0 Å². The third kappa shape index (κ3) is 5.20. The van der Waals surface area contributed by atoms with Crippen LogP contribution in [0.3, 0.4) is 0 Å². The highest BCUT2D eigenvalue weighted by Crippen LogP contribution is 2.63. The first-order chi connectivity index (χ1) is 19.6. The second kappa shape index (κ2) is 10.4. The number of fused-ring (bicyclic) bond motifs is 4. The number of benzene rings is 2. The van der Waals surface area contributed by atoms with Gasteiger partial charge in [-0.2, -0.15) is 0 Å². The standard InChI is InChI=1S/C42H56/c1-26-22-30(42(8,9)10)25-35(26)38(34-17-13-15-27-14-11-12-16-31(27)34)39-36-23-28(40(2,3)4)18-20-32(36)33-21-19-29(24-37(33)39)41(5,6)7/h11-21,23-24,26,30,32-33,35-39H,22,25H2,1-10H3/t26?,30?,32?,33?,35?,36?,37?,38-,39?/m1/s1. The van der Waals surface area contributed by atoms with E-state index in [0.717, 1.165) is 11.8 Å². The summed E-state index contributed by atoms with van der Waals surface area (Å²) in [5.74, 6) is 5.59. The molecule has 2 aromatic carbocycles. The molecule has 7 unspecified atom stereocenters. The van der Waals surface area contributed by atoms with E-state index >= 15 is 0 Å². The first kappa shape index (κ1) is 29.7. The summed E-state index contributed by atoms with van der Waals surface area (Å²) in [7, 11) is 0. The average molecular weight is 561 g/mol. The Balaban J connectivity index is 1.58. The summed E-state index contributed by atoms with van der Waals surface area (Å²) in [5, 5.41) is 2.88. The maximum Gasteiger partial charge on any atom is -0.00848 e. The van der Waals surface area contributed by atoms with Gasteiger partial charge >= 0.3 is 0 Å². The topological polar surface area (TPSA) is 0 Å². The summed E-state index contributed by atoms with van der Waals surface area (Å²) in [4.78, 5) is 0. The summed E-state index contributed by atoms with van der Waals surface area (Å²) < 4.78 is 0. The fourth-order valence-electron chi connectivity index (χ4n) is 9.43. The van der Waals surface area contributed by atoms with Gasteiger partial charge in [0.25, 0.3) is 0 Å². The van der Waals surface area contributed by atoms with Crippen molar-refractivity contribution in [2.24, 2.45) is 63.6 Å². The van der Waals surface area contributed by atoms with Crippen LogP contribution >= 0.6 is 0 Å². The van der Waals surface area contributed by atoms with Gasteiger partial charge in [0.1, 0.15) is 0 Å². The molecular formula is C42H56. The smallest absolute Gasteiger partial charge is 0.00848 e. The van der Waals surface area contributed by atoms with Crippen LogP contribution in [0.25, 0.3) is 10.8 Å². The van der Waals surface area contributed by atoms with E-state index in [9.17, 15) is 0 Å². The minimum absolute atomic E-state index is 0.162. The fourth-order valence-corrected chi connectivity index (χ4v) is 9.43. The SMILES string of the molecule is CC1CC(C(C)(C)C)CC1[C@@H](c1cccc2ccccc12)C1C2C=C(C(C)(C)C)C=CC2C2C=CC(C(C)(C)C)=CC21. The van der Waals surface area contributed by atoms with E-state index in [-0.39, 0.29) is 10.8 Å². The van der Waals surface area contributed by atoms with Crippen molar-refractivity contribution >= 4 is 10.8 Å². The molecule has 0 saturated heterocycles. The number of allylic oxidation sites excluding steroid dienone is 8. The third-order valence-corrected chi connectivity index (χ3v) is 11.9. The monoisotopic (exact) mass is 560 g/mol. The third-order valence-electron chi connectivity index (χ3n) is 11.9. The second-order valence-electron chi connectivity index (χ2n) is 17.6. The molecular weight excluding hydrogens is 504 g/mol. The van der Waals surface area contributed by atoms with Gasteiger partial charge in [0.05, 0.1) is 0 Å². The lowest BCUT2D eigenvalue weighted by atomic mass is 9.63. The number of rotatable bonds is 3. The molecule has 0 heteroatoms. The number of hydrogen-bond acceptors (Lipinski definition) is 0. The van der Waals surface area contributed by atoms with Gasteiger partial charge in [0.15, 0.2) is 0 Å². The van der Waals surface area contributed by atoms with Crippen molar-refractivity contribution in [3.8, 4) is 0 Å². The molecule has 42 heavy (non-hydrogen) atoms. The molecule has 4 aliphatic rings. The van der Waals surface area contributed by atoms with Gasteiger partial charge in [-0.25, -0.2) is 0 Å². The highest BCUT2D eigenvalue weighted by molar-refractivity contribution is 5.86. The van der Waals surface area contributed by atoms with Crippen LogP contribution in [0, 0.1) is 63.6 Å². The van der Waals surface area contributed by atoms with Crippen LogP contribution in [0.4, 0.5) is 0 Å². The van der Waals surface area contributed by atoms with Crippen molar-refractivity contribution in [2.75, 3.05) is 0 Å². The van der Waals surface area contributed by atoms with E-state index in [4.69, 9.17) is 0 Å². The molecule has 0 N–H and O–H groups in total. The zero-order valence-electron chi connectivity index (χ0n) is 28.1. The minimum atomic E-state index is 0.162. The van der Waals surface area contributed by atoms with Gasteiger partial charge in [-0.1, -0.05) is 148 Å². The van der Waals surface area contributed by atoms with Crippen LogP contribution in [-0.2, 0) is 0 Å². The lowest BCUT2D eigenvalue weighted by Gasteiger charge is -2.41. The molecule has 2 saturated carbocycles. The largest absolute Gasteiger partial charge is 0.0799 e. The van der Waals surface area contributed by atoms with Gasteiger partial charge in [-0.05, 0) is 110 Å². The molecule has 2 fully saturated rings. The van der Waals surface area contributed by atoms with E-state index in [1.165, 1.54) is 34.8 Å². The highest BCUT2D eigenvalue weighted by atomic mass is 14.6. The Morgan fingerprint density at radius 1 is 0.643 bits per heavy atom. The molecule has 6 rings (SSSR count). The van der Waals surface area contributed by atoms with E-state index < -0.39 is 0 Å². The molecule has 224 valence electrons. The van der Waals surface area contributed by atoms with Crippen LogP contribution in [0.15, 0.2) is 90.1 Å². The molecule has 0 radical (unpaired) electrons. The Hall–Kier alpha value is -2.34. The van der Waals surface area contributed by atoms with Crippen molar-refractivity contribution in [2.45, 2.75) is 88.0 Å². The molecule has 0 heterocycles. The van der Waals surface area contributed by atoms with Crippen LogP contribution in [0.5, 0.6) is 0 Å². The minimum Gasteiger partial charge on any atom is -0.0799 e. The first-order valence-corrected chi connectivity index (χ1v) is 16.9. The molecule has 0 amide bonds. The van der Waals surface area contributed by atoms with Crippen LogP contribution in [0.1, 0.15) is 93.6 Å². The quantitative estimate of drug-likeness (QED) is 0.350. The molecule has 0 aromatic heterocycles. The van der Waals surface area contributed by atoms with E-state index in [2.05, 4.69) is 148 Å². The van der Waals surface area contributed by atoms with Crippen molar-refractivity contribution in [1.29, 1.82) is 0 Å². The normalized spacial score (nSPS) is 33.8. The summed E-state index contributed by atoms with van der Waals surface area (Å²) in [6.45, 7) is 24.4. The maximum atomic E-state index is 2.76. The van der Waals surface area contributed by atoms with Crippen molar-refractivity contribution in [3.05, 3.63) is 95.6 Å². The van der Waals surface area contributed by atoms with Crippen molar-refractivity contribution < 1.29 is 0 Å². The summed E-state index contributed by atoms with van der Waals surface area (Å²) in [6.07, 6.45) is 18.4. The maximum absolute atomic E-state index is 2.76. The average Bonchev–Trinajstić information content (AvgIpc) is 3.46. The molecule has 0 spiro atoms. The highest BCUT2D eigenvalue weighted by Gasteiger charge is 2.55. The van der Waals surface area contributed by atoms with Gasteiger partial charge < -0.3 is 0 Å². The predicted octanol–water partition coefficient (Wildman–Crippen LogP) is 11.8. The van der Waals surface area contributed by atoms with Crippen molar-refractivity contribution in [1.82, 2.24) is 0 Å². The Kier molecular flexibility index (Phi) is 7.35. The van der Waals surface area contributed by atoms with Gasteiger partial charge in [-0.3, -0.25) is 0 Å². The summed E-state index contributed by atoms with van der Waals surface area (Å²) in [5.41, 5.74) is 5.35. The Labute approximate surface area is 257 Å². The lowest BCUT2D eigenvalue weighted by molar-refractivity contribution is 0.195. The molecule has 0 aliphatic heterocycles. The first-order valence-electron chi connectivity index (χ1n) is 16.9. The molecule has 2 aromatic rings. The molecule has 8 atom stereocenters. The zero-order valence-corrected chi connectivity index (χ0v) is 28.1. The molecule has 4 aliphatic carbocycles. The lowest BCUT2D eigenvalue weighted by Crippen LogP contribution is -2.32. The predicted molar refractivity (Wildman–Crippen MR) is 182 cm³/mol. The Morgan fingerprint density at radius 3 is 1.71 bits per heavy atom. The Bertz CT molecular complexity index is 1380. The summed E-state index contributed by atoms with van der Waals surface area (Å²) in [6, 6.07) is 16.4. The fraction of sp³-hybridized carbons (Fsp3) is 0.571. The zero-order chi connectivity index (χ0) is 30.2. The molecule has 0 bridgehead atoms. The van der Waals surface area contributed by atoms with Crippen LogP contribution in [-0.4, -0.2) is 0 Å². The Morgan fingerprint density at radius 2 is 1.19 bits per heavy atom. The van der Waals surface area contributed by atoms with E-state index in [1.54, 1.807) is 5.56 Å². The van der Waals surface area contributed by atoms with E-state index in [1.807, 2.05) is 0 Å². The van der Waals surface area contributed by atoms with Gasteiger partial charge in [-0.15, -0.1) is 0 Å². The van der Waals surface area contributed by atoms with Gasteiger partial charge in [0, 0.05) is 0 Å². The molecule has 0 nitrogen and oxygen atoms in total. The van der Waals surface area contributed by atoms with Crippen molar-refractivity contribution in [3.63, 3.8) is 0 Å². The second-order valence-corrected chi connectivity index (χ2v) is 17.6.